The molecule has 0 heterocycles. The SMILES string of the molecule is CN(C)C(=O)CNC(=O)COC(=O)c1ccc(CSc2ccc(Cl)cc2)cc1. The first kappa shape index (κ1) is 21.8. The van der Waals surface area contributed by atoms with E-state index in [9.17, 15) is 14.4 Å². The Hall–Kier alpha value is -2.51. The van der Waals surface area contributed by atoms with E-state index < -0.39 is 18.5 Å². The van der Waals surface area contributed by atoms with Crippen LogP contribution < -0.4 is 5.32 Å². The standard InChI is InChI=1S/C20H21ClN2O4S/c1-23(2)19(25)11-22-18(24)12-27-20(26)15-5-3-14(4-6-15)13-28-17-9-7-16(21)8-10-17/h3-10H,11-13H2,1-2H3,(H,22,24). The summed E-state index contributed by atoms with van der Waals surface area (Å²) in [7, 11) is 3.18. The van der Waals surface area contributed by atoms with E-state index in [1.165, 1.54) is 4.90 Å². The molecule has 0 aromatic heterocycles. The van der Waals surface area contributed by atoms with E-state index in [-0.39, 0.29) is 12.5 Å². The summed E-state index contributed by atoms with van der Waals surface area (Å²) < 4.78 is 4.97. The Bertz CT molecular complexity index is 823. The highest BCUT2D eigenvalue weighted by atomic mass is 35.5. The van der Waals surface area contributed by atoms with Gasteiger partial charge in [0.15, 0.2) is 6.61 Å². The number of thioether (sulfide) groups is 1. The van der Waals surface area contributed by atoms with E-state index in [1.807, 2.05) is 36.4 Å². The van der Waals surface area contributed by atoms with Crippen molar-refractivity contribution in [3.63, 3.8) is 0 Å². The smallest absolute Gasteiger partial charge is 0.338 e. The van der Waals surface area contributed by atoms with Gasteiger partial charge < -0.3 is 15.0 Å². The molecule has 0 radical (unpaired) electrons. The third kappa shape index (κ3) is 7.25. The van der Waals surface area contributed by atoms with Crippen molar-refractivity contribution in [3.05, 3.63) is 64.7 Å². The van der Waals surface area contributed by atoms with Gasteiger partial charge >= 0.3 is 5.97 Å². The second-order valence-corrected chi connectivity index (χ2v) is 7.57. The maximum Gasteiger partial charge on any atom is 0.338 e. The summed E-state index contributed by atoms with van der Waals surface area (Å²) in [4.78, 5) is 37.5. The van der Waals surface area contributed by atoms with Gasteiger partial charge in [0.1, 0.15) is 0 Å². The zero-order valence-corrected chi connectivity index (χ0v) is 17.2. The molecule has 6 nitrogen and oxygen atoms in total. The zero-order valence-electron chi connectivity index (χ0n) is 15.6. The Kier molecular flexibility index (Phi) is 8.35. The minimum Gasteiger partial charge on any atom is -0.452 e. The fourth-order valence-corrected chi connectivity index (χ4v) is 3.01. The number of halogens is 1. The van der Waals surface area contributed by atoms with Crippen molar-refractivity contribution >= 4 is 41.1 Å². The highest BCUT2D eigenvalue weighted by Gasteiger charge is 2.12. The number of ether oxygens (including phenoxy) is 1. The van der Waals surface area contributed by atoms with Crippen LogP contribution in [0.25, 0.3) is 0 Å². The molecule has 8 heteroatoms. The normalized spacial score (nSPS) is 10.2. The number of hydrogen-bond donors (Lipinski definition) is 1. The van der Waals surface area contributed by atoms with E-state index in [0.717, 1.165) is 16.2 Å². The van der Waals surface area contributed by atoms with Gasteiger partial charge in [0.2, 0.25) is 5.91 Å². The largest absolute Gasteiger partial charge is 0.452 e. The Labute approximate surface area is 173 Å². The first-order valence-electron chi connectivity index (χ1n) is 8.46. The summed E-state index contributed by atoms with van der Waals surface area (Å²) in [5.74, 6) is -0.614. The molecular weight excluding hydrogens is 400 g/mol. The highest BCUT2D eigenvalue weighted by molar-refractivity contribution is 7.98. The molecule has 0 aliphatic carbocycles. The number of amides is 2. The van der Waals surface area contributed by atoms with Gasteiger partial charge in [0.05, 0.1) is 12.1 Å². The van der Waals surface area contributed by atoms with Gasteiger partial charge in [0.25, 0.3) is 5.91 Å². The van der Waals surface area contributed by atoms with Crippen molar-refractivity contribution in [2.75, 3.05) is 27.2 Å². The van der Waals surface area contributed by atoms with Crippen LogP contribution in [0.15, 0.2) is 53.4 Å². The van der Waals surface area contributed by atoms with Crippen molar-refractivity contribution in [3.8, 4) is 0 Å². The summed E-state index contributed by atoms with van der Waals surface area (Å²) in [6, 6.07) is 14.6. The highest BCUT2D eigenvalue weighted by Crippen LogP contribution is 2.24. The number of nitrogens with zero attached hydrogens (tertiary/aromatic N) is 1. The maximum atomic E-state index is 12.0. The minimum absolute atomic E-state index is 0.136. The Morgan fingerprint density at radius 1 is 1.04 bits per heavy atom. The molecule has 0 unspecified atom stereocenters. The molecule has 0 aliphatic heterocycles. The molecule has 0 saturated carbocycles. The average molecular weight is 421 g/mol. The third-order valence-corrected chi connectivity index (χ3v) is 5.01. The molecule has 0 bridgehead atoms. The fourth-order valence-electron chi connectivity index (χ4n) is 2.03. The predicted molar refractivity (Wildman–Crippen MR) is 109 cm³/mol. The van der Waals surface area contributed by atoms with Gasteiger partial charge in [-0.2, -0.15) is 0 Å². The van der Waals surface area contributed by atoms with E-state index >= 15 is 0 Å². The van der Waals surface area contributed by atoms with Crippen molar-refractivity contribution in [2.45, 2.75) is 10.6 Å². The van der Waals surface area contributed by atoms with E-state index in [1.54, 1.807) is 38.0 Å². The van der Waals surface area contributed by atoms with Gasteiger partial charge in [-0.1, -0.05) is 23.7 Å². The number of rotatable bonds is 8. The number of hydrogen-bond acceptors (Lipinski definition) is 5. The number of likely N-dealkylation sites (N-methyl/N-ethyl adjacent to an activating group) is 1. The van der Waals surface area contributed by atoms with E-state index in [0.29, 0.717) is 10.6 Å². The second-order valence-electron chi connectivity index (χ2n) is 6.08. The number of benzene rings is 2. The van der Waals surface area contributed by atoms with Crippen LogP contribution in [-0.4, -0.2) is 49.9 Å². The van der Waals surface area contributed by atoms with Crippen LogP contribution in [0.2, 0.25) is 5.02 Å². The summed E-state index contributed by atoms with van der Waals surface area (Å²) in [5.41, 5.74) is 1.41. The summed E-state index contributed by atoms with van der Waals surface area (Å²) in [6.07, 6.45) is 0. The van der Waals surface area contributed by atoms with Crippen molar-refractivity contribution < 1.29 is 19.1 Å². The molecule has 0 saturated heterocycles. The molecule has 0 spiro atoms. The molecule has 1 N–H and O–H groups in total. The molecule has 0 fully saturated rings. The maximum absolute atomic E-state index is 12.0. The molecule has 28 heavy (non-hydrogen) atoms. The van der Waals surface area contributed by atoms with Crippen LogP contribution in [0.1, 0.15) is 15.9 Å². The average Bonchev–Trinajstić information content (AvgIpc) is 2.70. The van der Waals surface area contributed by atoms with Crippen LogP contribution in [0.5, 0.6) is 0 Å². The van der Waals surface area contributed by atoms with Crippen LogP contribution >= 0.6 is 23.4 Å². The first-order chi connectivity index (χ1) is 13.3. The molecule has 2 aromatic carbocycles. The summed E-state index contributed by atoms with van der Waals surface area (Å²) >= 11 is 7.53. The van der Waals surface area contributed by atoms with Crippen LogP contribution in [-0.2, 0) is 20.1 Å². The monoisotopic (exact) mass is 420 g/mol. The minimum atomic E-state index is -0.592. The lowest BCUT2D eigenvalue weighted by atomic mass is 10.1. The zero-order chi connectivity index (χ0) is 20.5. The Morgan fingerprint density at radius 3 is 2.29 bits per heavy atom. The van der Waals surface area contributed by atoms with Crippen molar-refractivity contribution in [2.24, 2.45) is 0 Å². The number of carbonyl (C=O) groups excluding carboxylic acids is 3. The van der Waals surface area contributed by atoms with Crippen LogP contribution in [0.3, 0.4) is 0 Å². The van der Waals surface area contributed by atoms with Crippen molar-refractivity contribution in [1.29, 1.82) is 0 Å². The molecule has 2 aromatic rings. The lowest BCUT2D eigenvalue weighted by Gasteiger charge is -2.11. The number of carbonyl (C=O) groups is 3. The van der Waals surface area contributed by atoms with E-state index in [4.69, 9.17) is 16.3 Å². The van der Waals surface area contributed by atoms with Gasteiger partial charge in [-0.15, -0.1) is 11.8 Å². The van der Waals surface area contributed by atoms with Gasteiger partial charge in [-0.05, 0) is 42.0 Å². The summed E-state index contributed by atoms with van der Waals surface area (Å²) in [6.45, 7) is -0.572. The molecule has 2 amide bonds. The Balaban J connectivity index is 1.77. The quantitative estimate of drug-likeness (QED) is 0.524. The van der Waals surface area contributed by atoms with Crippen LogP contribution in [0, 0.1) is 0 Å². The molecule has 2 rings (SSSR count). The second kappa shape index (κ2) is 10.7. The first-order valence-corrected chi connectivity index (χ1v) is 9.83. The van der Waals surface area contributed by atoms with Gasteiger partial charge in [-0.25, -0.2) is 4.79 Å². The molecule has 0 atom stereocenters. The van der Waals surface area contributed by atoms with E-state index in [2.05, 4.69) is 5.32 Å². The predicted octanol–water partition coefficient (Wildman–Crippen LogP) is 2.99. The van der Waals surface area contributed by atoms with Crippen LogP contribution in [0.4, 0.5) is 0 Å². The number of nitrogens with one attached hydrogen (secondary N) is 1. The topological polar surface area (TPSA) is 75.7 Å². The third-order valence-electron chi connectivity index (χ3n) is 3.68. The van der Waals surface area contributed by atoms with Gasteiger partial charge in [0, 0.05) is 29.8 Å². The van der Waals surface area contributed by atoms with Crippen molar-refractivity contribution in [1.82, 2.24) is 10.2 Å². The van der Waals surface area contributed by atoms with Gasteiger partial charge in [-0.3, -0.25) is 9.59 Å². The molecule has 0 aliphatic rings. The number of esters is 1. The molecular formula is C20H21ClN2O4S. The fraction of sp³-hybridized carbons (Fsp3) is 0.250. The molecule has 148 valence electrons. The summed E-state index contributed by atoms with van der Waals surface area (Å²) in [5, 5.41) is 3.10. The lowest BCUT2D eigenvalue weighted by molar-refractivity contribution is -0.131. The lowest BCUT2D eigenvalue weighted by Crippen LogP contribution is -2.38. The Morgan fingerprint density at radius 2 is 1.68 bits per heavy atom.